The van der Waals surface area contributed by atoms with Crippen molar-refractivity contribution in [2.45, 2.75) is 25.8 Å². The second-order valence-electron chi connectivity index (χ2n) is 7.46. The summed E-state index contributed by atoms with van der Waals surface area (Å²) in [7, 11) is 1.69. The number of fused-ring (bicyclic) bond motifs is 4. The minimum absolute atomic E-state index is 0.127. The van der Waals surface area contributed by atoms with Crippen LogP contribution in [-0.2, 0) is 7.05 Å². The summed E-state index contributed by atoms with van der Waals surface area (Å²) in [5.41, 5.74) is 1.23. The van der Waals surface area contributed by atoms with Crippen molar-refractivity contribution in [1.29, 1.82) is 0 Å². The normalized spacial score (nSPS) is 18.7. The highest BCUT2D eigenvalue weighted by Gasteiger charge is 2.38. The third-order valence-electron chi connectivity index (χ3n) is 5.70. The van der Waals surface area contributed by atoms with Gasteiger partial charge in [0.2, 0.25) is 5.95 Å². The molecule has 5 heterocycles. The van der Waals surface area contributed by atoms with Crippen molar-refractivity contribution in [2.24, 2.45) is 7.05 Å². The summed E-state index contributed by atoms with van der Waals surface area (Å²) >= 11 is 0. The van der Waals surface area contributed by atoms with Gasteiger partial charge in [0.15, 0.2) is 0 Å². The van der Waals surface area contributed by atoms with Crippen LogP contribution in [0, 0.1) is 0 Å². The number of furan rings is 1. The second kappa shape index (κ2) is 6.61. The first-order chi connectivity index (χ1) is 14.1. The lowest BCUT2D eigenvalue weighted by Crippen LogP contribution is -2.40. The highest BCUT2D eigenvalue weighted by molar-refractivity contribution is 6.13. The maximum absolute atomic E-state index is 13.5. The zero-order valence-electron chi connectivity index (χ0n) is 16.4. The Morgan fingerprint density at radius 3 is 3.03 bits per heavy atom. The van der Waals surface area contributed by atoms with E-state index in [0.29, 0.717) is 47.1 Å². The summed E-state index contributed by atoms with van der Waals surface area (Å²) in [4.78, 5) is 39.1. The van der Waals surface area contributed by atoms with Gasteiger partial charge in [-0.25, -0.2) is 4.98 Å². The quantitative estimate of drug-likeness (QED) is 0.726. The average Bonchev–Trinajstić information content (AvgIpc) is 3.33. The van der Waals surface area contributed by atoms with Crippen molar-refractivity contribution < 1.29 is 9.21 Å². The van der Waals surface area contributed by atoms with Gasteiger partial charge in [0.25, 0.3) is 11.5 Å². The van der Waals surface area contributed by atoms with E-state index in [1.165, 1.54) is 10.8 Å². The number of anilines is 3. The van der Waals surface area contributed by atoms with Gasteiger partial charge in [-0.2, -0.15) is 4.98 Å². The molecule has 1 fully saturated rings. The number of nitrogens with zero attached hydrogens (tertiary/aromatic N) is 5. The van der Waals surface area contributed by atoms with Gasteiger partial charge in [-0.3, -0.25) is 9.59 Å². The second-order valence-corrected chi connectivity index (χ2v) is 7.46. The maximum Gasteiger partial charge on any atom is 0.263 e. The smallest absolute Gasteiger partial charge is 0.263 e. The van der Waals surface area contributed by atoms with Crippen LogP contribution < -0.4 is 20.7 Å². The van der Waals surface area contributed by atoms with Crippen LogP contribution in [0.15, 0.2) is 33.9 Å². The molecule has 3 aromatic heterocycles. The molecule has 150 valence electrons. The van der Waals surface area contributed by atoms with Gasteiger partial charge in [-0.15, -0.1) is 0 Å². The van der Waals surface area contributed by atoms with Crippen molar-refractivity contribution in [1.82, 2.24) is 14.5 Å². The predicted molar refractivity (Wildman–Crippen MR) is 110 cm³/mol. The summed E-state index contributed by atoms with van der Waals surface area (Å²) in [5, 5.41) is 3.53. The van der Waals surface area contributed by atoms with Gasteiger partial charge in [0.05, 0.1) is 5.69 Å². The van der Waals surface area contributed by atoms with E-state index in [0.717, 1.165) is 19.4 Å². The van der Waals surface area contributed by atoms with E-state index in [9.17, 15) is 9.59 Å². The molecule has 29 heavy (non-hydrogen) atoms. The van der Waals surface area contributed by atoms with E-state index < -0.39 is 0 Å². The van der Waals surface area contributed by atoms with Crippen LogP contribution in [0.3, 0.4) is 0 Å². The number of aromatic nitrogens is 3. The molecule has 1 atom stereocenters. The number of nitrogens with one attached hydrogen (secondary N) is 1. The number of carbonyl (C=O) groups is 1. The number of hydrogen-bond donors (Lipinski definition) is 1. The number of aryl methyl sites for hydroxylation is 1. The fraction of sp³-hybridized carbons (Fsp3) is 0.400. The first-order valence-electron chi connectivity index (χ1n) is 9.84. The van der Waals surface area contributed by atoms with Crippen LogP contribution in [-0.4, -0.2) is 46.1 Å². The molecule has 0 radical (unpaired) electrons. The zero-order chi connectivity index (χ0) is 20.1. The Morgan fingerprint density at radius 1 is 1.34 bits per heavy atom. The average molecular weight is 394 g/mol. The maximum atomic E-state index is 13.5. The number of hydrogen-bond acceptors (Lipinski definition) is 7. The number of pyridine rings is 1. The molecular weight excluding hydrogens is 372 g/mol. The Balaban J connectivity index is 1.67. The van der Waals surface area contributed by atoms with Gasteiger partial charge >= 0.3 is 0 Å². The number of amides is 1. The van der Waals surface area contributed by atoms with E-state index >= 15 is 0 Å². The van der Waals surface area contributed by atoms with E-state index in [1.54, 1.807) is 30.4 Å². The molecule has 2 aliphatic rings. The molecule has 2 aliphatic heterocycles. The van der Waals surface area contributed by atoms with Gasteiger partial charge in [0, 0.05) is 45.1 Å². The SMILES string of the molecule is CCNc1ncc2c(n1)N1CCC[C@H]1CN(c1coc3ccn(C)c(=O)c13)C2=O. The molecule has 1 saturated heterocycles. The van der Waals surface area contributed by atoms with Crippen LogP contribution in [0.2, 0.25) is 0 Å². The molecule has 0 bridgehead atoms. The van der Waals surface area contributed by atoms with Crippen molar-refractivity contribution in [2.75, 3.05) is 34.8 Å². The Bertz CT molecular complexity index is 1170. The minimum atomic E-state index is -0.217. The molecule has 0 saturated carbocycles. The highest BCUT2D eigenvalue weighted by atomic mass is 16.3. The van der Waals surface area contributed by atoms with Crippen LogP contribution in [0.25, 0.3) is 11.0 Å². The fourth-order valence-electron chi connectivity index (χ4n) is 4.26. The van der Waals surface area contributed by atoms with E-state index in [4.69, 9.17) is 4.42 Å². The van der Waals surface area contributed by atoms with E-state index in [-0.39, 0.29) is 17.5 Å². The van der Waals surface area contributed by atoms with Gasteiger partial charge in [0.1, 0.15) is 28.6 Å². The summed E-state index contributed by atoms with van der Waals surface area (Å²) in [6.07, 6.45) is 6.73. The highest BCUT2D eigenvalue weighted by Crippen LogP contribution is 2.36. The Morgan fingerprint density at radius 2 is 2.21 bits per heavy atom. The summed E-state index contributed by atoms with van der Waals surface area (Å²) in [6, 6.07) is 1.87. The molecule has 1 N–H and O–H groups in total. The Kier molecular flexibility index (Phi) is 4.04. The number of carbonyl (C=O) groups excluding carboxylic acids is 1. The van der Waals surface area contributed by atoms with Gasteiger partial charge in [-0.1, -0.05) is 0 Å². The molecule has 0 aliphatic carbocycles. The van der Waals surface area contributed by atoms with Crippen LogP contribution in [0.5, 0.6) is 0 Å². The Labute approximate surface area is 166 Å². The molecule has 5 rings (SSSR count). The molecule has 1 amide bonds. The lowest BCUT2D eigenvalue weighted by molar-refractivity contribution is 0.0988. The topological polar surface area (TPSA) is 96.5 Å². The van der Waals surface area contributed by atoms with E-state index in [1.807, 2.05) is 6.92 Å². The largest absolute Gasteiger partial charge is 0.462 e. The van der Waals surface area contributed by atoms with Crippen LogP contribution in [0.4, 0.5) is 17.5 Å². The molecular formula is C20H22N6O3. The van der Waals surface area contributed by atoms with Crippen molar-refractivity contribution >= 4 is 34.3 Å². The summed E-state index contributed by atoms with van der Waals surface area (Å²) < 4.78 is 7.11. The van der Waals surface area contributed by atoms with E-state index in [2.05, 4.69) is 20.2 Å². The molecule has 0 aromatic carbocycles. The molecule has 0 unspecified atom stereocenters. The standard InChI is InChI=1S/C20H22N6O3/c1-3-21-20-22-9-13-17(23-20)25-7-4-5-12(25)10-26(18(13)27)14-11-29-15-6-8-24(2)19(28)16(14)15/h6,8-9,11-12H,3-5,7,10H2,1-2H3,(H,21,22,23)/t12-/m0/s1. The van der Waals surface area contributed by atoms with Crippen LogP contribution in [0.1, 0.15) is 30.1 Å². The van der Waals surface area contributed by atoms with Crippen molar-refractivity contribution in [3.05, 3.63) is 40.6 Å². The van der Waals surface area contributed by atoms with Crippen molar-refractivity contribution in [3.63, 3.8) is 0 Å². The van der Waals surface area contributed by atoms with Crippen molar-refractivity contribution in [3.8, 4) is 0 Å². The third-order valence-corrected chi connectivity index (χ3v) is 5.70. The first kappa shape index (κ1) is 17.7. The summed E-state index contributed by atoms with van der Waals surface area (Å²) in [6.45, 7) is 3.99. The van der Waals surface area contributed by atoms with Crippen LogP contribution >= 0.6 is 0 Å². The van der Waals surface area contributed by atoms with Gasteiger partial charge in [-0.05, 0) is 25.8 Å². The lowest BCUT2D eigenvalue weighted by Gasteiger charge is -2.26. The van der Waals surface area contributed by atoms with Gasteiger partial charge < -0.3 is 24.1 Å². The molecule has 3 aromatic rings. The summed E-state index contributed by atoms with van der Waals surface area (Å²) in [5.74, 6) is 0.957. The minimum Gasteiger partial charge on any atom is -0.462 e. The predicted octanol–water partition coefficient (Wildman–Crippen LogP) is 1.98. The molecule has 9 heteroatoms. The molecule has 9 nitrogen and oxygen atoms in total. The number of rotatable bonds is 3. The monoisotopic (exact) mass is 394 g/mol. The fourth-order valence-corrected chi connectivity index (χ4v) is 4.26. The Hall–Kier alpha value is -3.36. The third kappa shape index (κ3) is 2.68. The first-order valence-corrected chi connectivity index (χ1v) is 9.84. The lowest BCUT2D eigenvalue weighted by atomic mass is 10.2. The zero-order valence-corrected chi connectivity index (χ0v) is 16.4. The molecule has 0 spiro atoms.